The van der Waals surface area contributed by atoms with Crippen LogP contribution in [0.4, 0.5) is 10.6 Å². The molecule has 1 aliphatic rings. The third kappa shape index (κ3) is 2.44. The molecule has 0 bridgehead atoms. The van der Waals surface area contributed by atoms with Gasteiger partial charge in [-0.2, -0.15) is 0 Å². The van der Waals surface area contributed by atoms with E-state index in [2.05, 4.69) is 15.4 Å². The molecule has 1 fully saturated rings. The lowest BCUT2D eigenvalue weighted by Crippen LogP contribution is -2.29. The standard InChI is InChI=1S/C10H16N6O/c1-7-5-8(14-11)13-9(12-7)6-16-4-3-15(2)10(16)17/h5H,3-4,6,11H2,1-2H3,(H,12,13,14). The van der Waals surface area contributed by atoms with E-state index < -0.39 is 0 Å². The zero-order valence-corrected chi connectivity index (χ0v) is 9.97. The van der Waals surface area contributed by atoms with Gasteiger partial charge in [-0.25, -0.2) is 20.6 Å². The number of rotatable bonds is 3. The highest BCUT2D eigenvalue weighted by atomic mass is 16.2. The number of urea groups is 1. The normalized spacial score (nSPS) is 15.6. The van der Waals surface area contributed by atoms with Crippen molar-refractivity contribution in [2.75, 3.05) is 25.6 Å². The Kier molecular flexibility index (Phi) is 3.10. The lowest BCUT2D eigenvalue weighted by atomic mass is 10.4. The smallest absolute Gasteiger partial charge is 0.320 e. The quantitative estimate of drug-likeness (QED) is 0.567. The molecule has 92 valence electrons. The van der Waals surface area contributed by atoms with Crippen molar-refractivity contribution in [1.82, 2.24) is 19.8 Å². The second-order valence-corrected chi connectivity index (χ2v) is 4.08. The highest BCUT2D eigenvalue weighted by Crippen LogP contribution is 2.11. The van der Waals surface area contributed by atoms with Gasteiger partial charge in [0.2, 0.25) is 0 Å². The molecule has 0 radical (unpaired) electrons. The van der Waals surface area contributed by atoms with E-state index in [1.807, 2.05) is 6.92 Å². The number of carbonyl (C=O) groups is 1. The van der Waals surface area contributed by atoms with Gasteiger partial charge in [-0.1, -0.05) is 0 Å². The van der Waals surface area contributed by atoms with E-state index in [4.69, 9.17) is 5.84 Å². The van der Waals surface area contributed by atoms with Crippen LogP contribution in [0, 0.1) is 6.92 Å². The Morgan fingerprint density at radius 1 is 1.47 bits per heavy atom. The number of nitrogens with one attached hydrogen (secondary N) is 1. The van der Waals surface area contributed by atoms with Crippen molar-refractivity contribution in [3.63, 3.8) is 0 Å². The summed E-state index contributed by atoms with van der Waals surface area (Å²) >= 11 is 0. The SMILES string of the molecule is Cc1cc(NN)nc(CN2CCN(C)C2=O)n1. The number of aromatic nitrogens is 2. The number of amides is 2. The van der Waals surface area contributed by atoms with E-state index in [9.17, 15) is 4.79 Å². The minimum Gasteiger partial charge on any atom is -0.326 e. The summed E-state index contributed by atoms with van der Waals surface area (Å²) in [5.41, 5.74) is 3.31. The monoisotopic (exact) mass is 236 g/mol. The number of hydrogen-bond acceptors (Lipinski definition) is 5. The molecule has 0 aromatic carbocycles. The number of anilines is 1. The maximum absolute atomic E-state index is 11.7. The molecule has 1 saturated heterocycles. The molecule has 2 rings (SSSR count). The highest BCUT2D eigenvalue weighted by molar-refractivity contribution is 5.76. The number of carbonyl (C=O) groups excluding carboxylic acids is 1. The maximum atomic E-state index is 11.7. The summed E-state index contributed by atoms with van der Waals surface area (Å²) in [7, 11) is 1.78. The summed E-state index contributed by atoms with van der Waals surface area (Å²) < 4.78 is 0. The van der Waals surface area contributed by atoms with Crippen LogP contribution in [-0.2, 0) is 6.54 Å². The van der Waals surface area contributed by atoms with Crippen LogP contribution in [0.3, 0.4) is 0 Å². The Morgan fingerprint density at radius 3 is 2.82 bits per heavy atom. The van der Waals surface area contributed by atoms with E-state index in [1.54, 1.807) is 22.9 Å². The zero-order chi connectivity index (χ0) is 12.4. The summed E-state index contributed by atoms with van der Waals surface area (Å²) in [6.45, 7) is 3.73. The summed E-state index contributed by atoms with van der Waals surface area (Å²) in [5.74, 6) is 6.48. The third-order valence-corrected chi connectivity index (χ3v) is 2.68. The molecule has 17 heavy (non-hydrogen) atoms. The molecule has 3 N–H and O–H groups in total. The topological polar surface area (TPSA) is 87.4 Å². The Balaban J connectivity index is 2.13. The first kappa shape index (κ1) is 11.6. The predicted molar refractivity (Wildman–Crippen MR) is 63.0 cm³/mol. The fourth-order valence-corrected chi connectivity index (χ4v) is 1.80. The van der Waals surface area contributed by atoms with Crippen LogP contribution in [0.5, 0.6) is 0 Å². The van der Waals surface area contributed by atoms with Crippen molar-refractivity contribution in [2.45, 2.75) is 13.5 Å². The van der Waals surface area contributed by atoms with E-state index in [-0.39, 0.29) is 6.03 Å². The predicted octanol–water partition coefficient (Wildman–Crippen LogP) is -0.0620. The van der Waals surface area contributed by atoms with Crippen molar-refractivity contribution >= 4 is 11.8 Å². The molecule has 0 atom stereocenters. The Bertz CT molecular complexity index is 435. The van der Waals surface area contributed by atoms with Gasteiger partial charge < -0.3 is 15.2 Å². The minimum absolute atomic E-state index is 0.0114. The van der Waals surface area contributed by atoms with Gasteiger partial charge in [0.1, 0.15) is 11.6 Å². The Hall–Kier alpha value is -1.89. The number of nitrogen functional groups attached to an aromatic ring is 1. The number of nitrogens with zero attached hydrogens (tertiary/aromatic N) is 4. The lowest BCUT2D eigenvalue weighted by Gasteiger charge is -2.15. The number of aryl methyl sites for hydroxylation is 1. The summed E-state index contributed by atoms with van der Waals surface area (Å²) in [4.78, 5) is 23.6. The van der Waals surface area contributed by atoms with Crippen LogP contribution in [0.15, 0.2) is 6.07 Å². The van der Waals surface area contributed by atoms with Crippen LogP contribution in [0.2, 0.25) is 0 Å². The first-order valence-electron chi connectivity index (χ1n) is 5.41. The van der Waals surface area contributed by atoms with Gasteiger partial charge in [0.05, 0.1) is 6.54 Å². The zero-order valence-electron chi connectivity index (χ0n) is 9.97. The van der Waals surface area contributed by atoms with Crippen molar-refractivity contribution in [1.29, 1.82) is 0 Å². The highest BCUT2D eigenvalue weighted by Gasteiger charge is 2.25. The van der Waals surface area contributed by atoms with Gasteiger partial charge >= 0.3 is 6.03 Å². The van der Waals surface area contributed by atoms with Crippen molar-refractivity contribution in [3.05, 3.63) is 17.6 Å². The van der Waals surface area contributed by atoms with Gasteiger partial charge in [-0.15, -0.1) is 0 Å². The Morgan fingerprint density at radius 2 is 2.24 bits per heavy atom. The molecule has 7 nitrogen and oxygen atoms in total. The average molecular weight is 236 g/mol. The second-order valence-electron chi connectivity index (χ2n) is 4.08. The molecule has 0 spiro atoms. The van der Waals surface area contributed by atoms with E-state index in [0.717, 1.165) is 12.2 Å². The van der Waals surface area contributed by atoms with E-state index in [1.165, 1.54) is 0 Å². The fourth-order valence-electron chi connectivity index (χ4n) is 1.80. The van der Waals surface area contributed by atoms with E-state index in [0.29, 0.717) is 24.7 Å². The molecule has 7 heteroatoms. The van der Waals surface area contributed by atoms with Gasteiger partial charge in [0, 0.05) is 31.9 Å². The molecule has 2 heterocycles. The van der Waals surface area contributed by atoms with Crippen LogP contribution >= 0.6 is 0 Å². The fraction of sp³-hybridized carbons (Fsp3) is 0.500. The van der Waals surface area contributed by atoms with Gasteiger partial charge in [-0.3, -0.25) is 0 Å². The van der Waals surface area contributed by atoms with Crippen LogP contribution in [0.1, 0.15) is 11.5 Å². The number of nitrogens with two attached hydrogens (primary N) is 1. The number of likely N-dealkylation sites (N-methyl/N-ethyl adjacent to an activating group) is 1. The van der Waals surface area contributed by atoms with Crippen LogP contribution in [0.25, 0.3) is 0 Å². The molecule has 1 aromatic rings. The van der Waals surface area contributed by atoms with Gasteiger partial charge in [-0.05, 0) is 6.92 Å². The molecule has 1 aromatic heterocycles. The molecule has 0 unspecified atom stereocenters. The summed E-state index contributed by atoms with van der Waals surface area (Å²) in [5, 5.41) is 0. The van der Waals surface area contributed by atoms with Gasteiger partial charge in [0.15, 0.2) is 0 Å². The van der Waals surface area contributed by atoms with Crippen molar-refractivity contribution in [3.8, 4) is 0 Å². The molecular formula is C10H16N6O. The number of hydrazine groups is 1. The second kappa shape index (κ2) is 4.54. The van der Waals surface area contributed by atoms with Crippen LogP contribution < -0.4 is 11.3 Å². The van der Waals surface area contributed by atoms with Crippen molar-refractivity contribution < 1.29 is 4.79 Å². The first-order valence-corrected chi connectivity index (χ1v) is 5.41. The molecule has 1 aliphatic heterocycles. The molecule has 2 amide bonds. The Labute approximate surface area is 99.6 Å². The van der Waals surface area contributed by atoms with Gasteiger partial charge in [0.25, 0.3) is 0 Å². The lowest BCUT2D eigenvalue weighted by molar-refractivity contribution is 0.196. The average Bonchev–Trinajstić information content (AvgIpc) is 2.60. The van der Waals surface area contributed by atoms with Crippen LogP contribution in [-0.4, -0.2) is 45.9 Å². The minimum atomic E-state index is 0.0114. The number of hydrogen-bond donors (Lipinski definition) is 2. The molecular weight excluding hydrogens is 220 g/mol. The van der Waals surface area contributed by atoms with E-state index >= 15 is 0 Å². The summed E-state index contributed by atoms with van der Waals surface area (Å²) in [6.07, 6.45) is 0. The molecule has 0 aliphatic carbocycles. The summed E-state index contributed by atoms with van der Waals surface area (Å²) in [6, 6.07) is 1.76. The largest absolute Gasteiger partial charge is 0.326 e. The first-order chi connectivity index (χ1) is 8.10. The molecule has 0 saturated carbocycles. The van der Waals surface area contributed by atoms with Crippen molar-refractivity contribution in [2.24, 2.45) is 5.84 Å². The third-order valence-electron chi connectivity index (χ3n) is 2.68. The maximum Gasteiger partial charge on any atom is 0.320 e.